The molecule has 2 aliphatic rings. The van der Waals surface area contributed by atoms with Gasteiger partial charge in [-0.3, -0.25) is 9.59 Å². The smallest absolute Gasteiger partial charge is 0.309 e. The van der Waals surface area contributed by atoms with E-state index in [0.29, 0.717) is 5.75 Å². The average molecular weight is 389 g/mol. The van der Waals surface area contributed by atoms with E-state index in [2.05, 4.69) is 6.07 Å². The number of phenols is 1. The summed E-state index contributed by atoms with van der Waals surface area (Å²) < 4.78 is 0. The van der Waals surface area contributed by atoms with Gasteiger partial charge in [-0.2, -0.15) is 0 Å². The number of carboxylic acid groups (broad SMARTS) is 2. The van der Waals surface area contributed by atoms with Crippen LogP contribution in [-0.4, -0.2) is 27.3 Å². The Hall–Kier alpha value is -2.04. The van der Waals surface area contributed by atoms with Crippen LogP contribution in [0.5, 0.6) is 5.75 Å². The molecule has 2 fully saturated rings. The SMILES string of the molecule is O=C(O)C1(CCCCCc2cccc(O)c2CCCCC2(C(=O)O)CC2)CC1. The van der Waals surface area contributed by atoms with Gasteiger partial charge in [0.2, 0.25) is 0 Å². The summed E-state index contributed by atoms with van der Waals surface area (Å²) in [5, 5.41) is 28.8. The van der Waals surface area contributed by atoms with Crippen LogP contribution < -0.4 is 0 Å². The Morgan fingerprint density at radius 1 is 0.786 bits per heavy atom. The lowest BCUT2D eigenvalue weighted by atomic mass is 9.93. The highest BCUT2D eigenvalue weighted by Gasteiger charge is 2.49. The van der Waals surface area contributed by atoms with Crippen molar-refractivity contribution in [3.63, 3.8) is 0 Å². The Morgan fingerprint density at radius 2 is 1.32 bits per heavy atom. The molecule has 2 saturated carbocycles. The Labute approximate surface area is 166 Å². The molecule has 5 heteroatoms. The lowest BCUT2D eigenvalue weighted by molar-refractivity contribution is -0.144. The molecule has 0 unspecified atom stereocenters. The van der Waals surface area contributed by atoms with E-state index in [1.165, 1.54) is 5.56 Å². The van der Waals surface area contributed by atoms with Crippen molar-refractivity contribution in [2.24, 2.45) is 10.8 Å². The zero-order valence-corrected chi connectivity index (χ0v) is 16.6. The minimum atomic E-state index is -0.661. The predicted octanol–water partition coefficient (Wildman–Crippen LogP) is 4.94. The van der Waals surface area contributed by atoms with Crippen LogP contribution in [0.2, 0.25) is 0 Å². The number of benzene rings is 1. The van der Waals surface area contributed by atoms with Crippen molar-refractivity contribution in [2.45, 2.75) is 83.5 Å². The van der Waals surface area contributed by atoms with Crippen LogP contribution in [0.15, 0.2) is 18.2 Å². The van der Waals surface area contributed by atoms with Crippen molar-refractivity contribution in [1.29, 1.82) is 0 Å². The van der Waals surface area contributed by atoms with Crippen molar-refractivity contribution >= 4 is 11.9 Å². The molecule has 3 N–H and O–H groups in total. The average Bonchev–Trinajstić information content (AvgIpc) is 3.55. The topological polar surface area (TPSA) is 94.8 Å². The molecule has 1 aromatic rings. The fourth-order valence-electron chi connectivity index (χ4n) is 4.31. The third-order valence-corrected chi connectivity index (χ3v) is 6.80. The molecule has 0 heterocycles. The molecule has 2 aliphatic carbocycles. The van der Waals surface area contributed by atoms with Gasteiger partial charge >= 0.3 is 11.9 Å². The van der Waals surface area contributed by atoms with Crippen LogP contribution >= 0.6 is 0 Å². The normalized spacial score (nSPS) is 18.6. The van der Waals surface area contributed by atoms with E-state index in [1.54, 1.807) is 6.07 Å². The zero-order chi connectivity index (χ0) is 20.2. The fourth-order valence-corrected chi connectivity index (χ4v) is 4.31. The molecule has 0 radical (unpaired) electrons. The van der Waals surface area contributed by atoms with Crippen molar-refractivity contribution in [1.82, 2.24) is 0 Å². The Morgan fingerprint density at radius 3 is 1.86 bits per heavy atom. The predicted molar refractivity (Wildman–Crippen MR) is 106 cm³/mol. The van der Waals surface area contributed by atoms with E-state index in [1.807, 2.05) is 6.07 Å². The second-order valence-corrected chi connectivity index (χ2v) is 8.85. The molecule has 0 aromatic heterocycles. The van der Waals surface area contributed by atoms with Gasteiger partial charge in [-0.15, -0.1) is 0 Å². The van der Waals surface area contributed by atoms with Crippen LogP contribution in [-0.2, 0) is 22.4 Å². The van der Waals surface area contributed by atoms with E-state index in [0.717, 1.165) is 89.0 Å². The first-order valence-corrected chi connectivity index (χ1v) is 10.7. The lowest BCUT2D eigenvalue weighted by Gasteiger charge is -2.13. The number of phenolic OH excluding ortho intramolecular Hbond substituents is 1. The zero-order valence-electron chi connectivity index (χ0n) is 16.6. The summed E-state index contributed by atoms with van der Waals surface area (Å²) in [6, 6.07) is 5.66. The first-order chi connectivity index (χ1) is 13.4. The maximum absolute atomic E-state index is 11.3. The molecule has 28 heavy (non-hydrogen) atoms. The molecule has 0 spiro atoms. The summed E-state index contributed by atoms with van der Waals surface area (Å²) in [5.41, 5.74) is 1.27. The molecule has 0 bridgehead atoms. The van der Waals surface area contributed by atoms with E-state index in [4.69, 9.17) is 0 Å². The molecular weight excluding hydrogens is 356 g/mol. The maximum atomic E-state index is 11.3. The molecule has 0 atom stereocenters. The summed E-state index contributed by atoms with van der Waals surface area (Å²) >= 11 is 0. The highest BCUT2D eigenvalue weighted by atomic mass is 16.4. The van der Waals surface area contributed by atoms with Crippen molar-refractivity contribution in [3.05, 3.63) is 29.3 Å². The maximum Gasteiger partial charge on any atom is 0.309 e. The number of aryl methyl sites for hydroxylation is 1. The van der Waals surface area contributed by atoms with Crippen LogP contribution in [0.1, 0.15) is 81.8 Å². The van der Waals surface area contributed by atoms with Gasteiger partial charge in [0.1, 0.15) is 5.75 Å². The highest BCUT2D eigenvalue weighted by Crippen LogP contribution is 2.50. The number of aromatic hydroxyl groups is 1. The molecule has 5 nitrogen and oxygen atoms in total. The van der Waals surface area contributed by atoms with E-state index < -0.39 is 22.8 Å². The first kappa shape index (κ1) is 20.7. The van der Waals surface area contributed by atoms with Crippen LogP contribution in [0.25, 0.3) is 0 Å². The second-order valence-electron chi connectivity index (χ2n) is 8.85. The number of aliphatic carboxylic acids is 2. The molecular formula is C23H32O5. The van der Waals surface area contributed by atoms with Crippen molar-refractivity contribution < 1.29 is 24.9 Å². The quantitative estimate of drug-likeness (QED) is 0.416. The standard InChI is InChI=1S/C23H32O5/c24-19-10-6-8-17(7-2-1-4-11-22(13-14-22)20(25)26)18(19)9-3-5-12-23(15-16-23)21(27)28/h6,8,10,24H,1-5,7,9,11-16H2,(H,25,26)(H,27,28). The minimum Gasteiger partial charge on any atom is -0.508 e. The van der Waals surface area contributed by atoms with Gasteiger partial charge in [0.15, 0.2) is 0 Å². The lowest BCUT2D eigenvalue weighted by Crippen LogP contribution is -2.14. The molecule has 154 valence electrons. The van der Waals surface area contributed by atoms with Crippen molar-refractivity contribution in [3.8, 4) is 5.75 Å². The number of carbonyl (C=O) groups is 2. The van der Waals surface area contributed by atoms with Gasteiger partial charge in [-0.25, -0.2) is 0 Å². The van der Waals surface area contributed by atoms with Gasteiger partial charge in [0, 0.05) is 0 Å². The summed E-state index contributed by atoms with van der Waals surface area (Å²) in [5.74, 6) is -0.968. The third-order valence-electron chi connectivity index (χ3n) is 6.80. The van der Waals surface area contributed by atoms with Gasteiger partial charge in [-0.05, 0) is 81.4 Å². The Kier molecular flexibility index (Phi) is 6.31. The van der Waals surface area contributed by atoms with Crippen LogP contribution in [0.3, 0.4) is 0 Å². The van der Waals surface area contributed by atoms with Gasteiger partial charge < -0.3 is 15.3 Å². The molecule has 1 aromatic carbocycles. The van der Waals surface area contributed by atoms with E-state index in [9.17, 15) is 24.9 Å². The summed E-state index contributed by atoms with van der Waals surface area (Å²) in [4.78, 5) is 22.5. The molecule has 0 amide bonds. The first-order valence-electron chi connectivity index (χ1n) is 10.7. The van der Waals surface area contributed by atoms with Crippen LogP contribution in [0.4, 0.5) is 0 Å². The highest BCUT2D eigenvalue weighted by molar-refractivity contribution is 5.78. The number of hydrogen-bond donors (Lipinski definition) is 3. The summed E-state index contributed by atoms with van der Waals surface area (Å²) in [6.45, 7) is 0. The van der Waals surface area contributed by atoms with Gasteiger partial charge in [0.05, 0.1) is 10.8 Å². The summed E-state index contributed by atoms with van der Waals surface area (Å²) in [7, 11) is 0. The summed E-state index contributed by atoms with van der Waals surface area (Å²) in [6.07, 6.45) is 11.1. The van der Waals surface area contributed by atoms with Gasteiger partial charge in [0.25, 0.3) is 0 Å². The fraction of sp³-hybridized carbons (Fsp3) is 0.652. The van der Waals surface area contributed by atoms with Crippen molar-refractivity contribution in [2.75, 3.05) is 0 Å². The van der Waals surface area contributed by atoms with Crippen LogP contribution in [0, 0.1) is 10.8 Å². The number of carboxylic acids is 2. The Balaban J connectivity index is 1.41. The second kappa shape index (κ2) is 8.54. The third kappa shape index (κ3) is 4.86. The number of unbranched alkanes of at least 4 members (excludes halogenated alkanes) is 3. The molecule has 0 saturated heterocycles. The van der Waals surface area contributed by atoms with E-state index in [-0.39, 0.29) is 0 Å². The molecule has 0 aliphatic heterocycles. The number of rotatable bonds is 13. The largest absolute Gasteiger partial charge is 0.508 e. The molecule has 3 rings (SSSR count). The monoisotopic (exact) mass is 388 g/mol. The van der Waals surface area contributed by atoms with E-state index >= 15 is 0 Å². The van der Waals surface area contributed by atoms with Gasteiger partial charge in [-0.1, -0.05) is 31.4 Å². The minimum absolute atomic E-state index is 0.333. The number of hydrogen-bond acceptors (Lipinski definition) is 3. The Bertz CT molecular complexity index is 716.